The van der Waals surface area contributed by atoms with Crippen molar-refractivity contribution in [3.63, 3.8) is 0 Å². The highest BCUT2D eigenvalue weighted by molar-refractivity contribution is 4.95. The Hall–Kier alpha value is -0.0400. The van der Waals surface area contributed by atoms with E-state index in [-0.39, 0.29) is 0 Å². The minimum absolute atomic E-state index is 0.583. The van der Waals surface area contributed by atoms with Gasteiger partial charge in [-0.2, -0.15) is 0 Å². The van der Waals surface area contributed by atoms with Crippen LogP contribution in [0.1, 0.15) is 40.5 Å². The van der Waals surface area contributed by atoms with Crippen molar-refractivity contribution < 1.29 is 0 Å². The van der Waals surface area contributed by atoms with Gasteiger partial charge in [0.15, 0.2) is 0 Å². The molecule has 0 aromatic carbocycles. The van der Waals surface area contributed by atoms with Gasteiger partial charge in [0.2, 0.25) is 0 Å². The molecule has 0 amide bonds. The zero-order valence-corrected chi connectivity index (χ0v) is 8.28. The maximum Gasteiger partial charge on any atom is 0.00980 e. The lowest BCUT2D eigenvalue weighted by Crippen LogP contribution is -2.37. The first-order valence-corrected chi connectivity index (χ1v) is 4.87. The molecule has 2 unspecified atom stereocenters. The summed E-state index contributed by atoms with van der Waals surface area (Å²) in [5, 5.41) is 3.54. The largest absolute Gasteiger partial charge is 0.314 e. The predicted octanol–water partition coefficient (Wildman–Crippen LogP) is 2.42. The van der Waals surface area contributed by atoms with Crippen molar-refractivity contribution in [2.24, 2.45) is 11.3 Å². The summed E-state index contributed by atoms with van der Waals surface area (Å²) >= 11 is 0. The van der Waals surface area contributed by atoms with E-state index in [1.54, 1.807) is 0 Å². The summed E-state index contributed by atoms with van der Waals surface area (Å²) in [5.74, 6) is 0.817. The predicted molar refractivity (Wildman–Crippen MR) is 49.6 cm³/mol. The average molecular weight is 155 g/mol. The van der Waals surface area contributed by atoms with Crippen molar-refractivity contribution in [2.75, 3.05) is 6.54 Å². The second-order valence-corrected chi connectivity index (χ2v) is 4.17. The SMILES string of the molecule is CCC1(C(C)C)CCNC1C. The minimum Gasteiger partial charge on any atom is -0.314 e. The molecule has 1 heteroatoms. The summed E-state index contributed by atoms with van der Waals surface area (Å²) in [5.41, 5.74) is 0.583. The molecule has 2 atom stereocenters. The van der Waals surface area contributed by atoms with Crippen LogP contribution < -0.4 is 5.32 Å². The topological polar surface area (TPSA) is 12.0 Å². The molecule has 0 radical (unpaired) electrons. The summed E-state index contributed by atoms with van der Waals surface area (Å²) in [6.07, 6.45) is 2.68. The van der Waals surface area contributed by atoms with E-state index in [0.29, 0.717) is 11.5 Å². The number of rotatable bonds is 2. The number of hydrogen-bond acceptors (Lipinski definition) is 1. The molecule has 1 nitrogen and oxygen atoms in total. The number of nitrogens with one attached hydrogen (secondary N) is 1. The smallest absolute Gasteiger partial charge is 0.00980 e. The molecule has 1 saturated heterocycles. The van der Waals surface area contributed by atoms with Gasteiger partial charge >= 0.3 is 0 Å². The minimum atomic E-state index is 0.583. The van der Waals surface area contributed by atoms with Gasteiger partial charge in [0.05, 0.1) is 0 Å². The molecule has 1 N–H and O–H groups in total. The van der Waals surface area contributed by atoms with Crippen LogP contribution >= 0.6 is 0 Å². The van der Waals surface area contributed by atoms with Crippen LogP contribution in [0.5, 0.6) is 0 Å². The van der Waals surface area contributed by atoms with Gasteiger partial charge in [0.1, 0.15) is 0 Å². The first kappa shape index (κ1) is 9.05. The first-order valence-electron chi connectivity index (χ1n) is 4.87. The van der Waals surface area contributed by atoms with Gasteiger partial charge in [-0.1, -0.05) is 20.8 Å². The molecule has 1 heterocycles. The second kappa shape index (κ2) is 3.14. The summed E-state index contributed by atoms with van der Waals surface area (Å²) in [6.45, 7) is 10.6. The molecule has 1 aliphatic heterocycles. The van der Waals surface area contributed by atoms with Crippen LogP contribution in [0, 0.1) is 11.3 Å². The standard InChI is InChI=1S/C10H21N/c1-5-10(8(2)3)6-7-11-9(10)4/h8-9,11H,5-7H2,1-4H3. The fourth-order valence-corrected chi connectivity index (χ4v) is 2.62. The molecule has 11 heavy (non-hydrogen) atoms. The monoisotopic (exact) mass is 155 g/mol. The molecule has 0 spiro atoms. The van der Waals surface area contributed by atoms with Crippen molar-refractivity contribution in [1.82, 2.24) is 5.32 Å². The average Bonchev–Trinajstić information content (AvgIpc) is 2.32. The van der Waals surface area contributed by atoms with E-state index in [1.807, 2.05) is 0 Å². The molecule has 0 aromatic heterocycles. The van der Waals surface area contributed by atoms with Crippen molar-refractivity contribution in [1.29, 1.82) is 0 Å². The van der Waals surface area contributed by atoms with E-state index < -0.39 is 0 Å². The van der Waals surface area contributed by atoms with E-state index in [2.05, 4.69) is 33.0 Å². The summed E-state index contributed by atoms with van der Waals surface area (Å²) < 4.78 is 0. The molecule has 1 rings (SSSR count). The highest BCUT2D eigenvalue weighted by atomic mass is 15.0. The normalized spacial score (nSPS) is 38.5. The van der Waals surface area contributed by atoms with Crippen LogP contribution in [0.15, 0.2) is 0 Å². The lowest BCUT2D eigenvalue weighted by molar-refractivity contribution is 0.162. The zero-order chi connectivity index (χ0) is 8.48. The lowest BCUT2D eigenvalue weighted by Gasteiger charge is -2.36. The van der Waals surface area contributed by atoms with Gasteiger partial charge in [-0.3, -0.25) is 0 Å². The maximum atomic E-state index is 3.54. The molecule has 0 bridgehead atoms. The molecule has 66 valence electrons. The van der Waals surface area contributed by atoms with Crippen LogP contribution in [0.4, 0.5) is 0 Å². The van der Waals surface area contributed by atoms with Crippen molar-refractivity contribution in [2.45, 2.75) is 46.6 Å². The van der Waals surface area contributed by atoms with Crippen LogP contribution in [0.25, 0.3) is 0 Å². The van der Waals surface area contributed by atoms with Gasteiger partial charge in [-0.05, 0) is 37.6 Å². The molecular formula is C10H21N. The van der Waals surface area contributed by atoms with Crippen molar-refractivity contribution in [3.8, 4) is 0 Å². The van der Waals surface area contributed by atoms with Crippen LogP contribution in [0.2, 0.25) is 0 Å². The van der Waals surface area contributed by atoms with Crippen LogP contribution in [-0.4, -0.2) is 12.6 Å². The Morgan fingerprint density at radius 2 is 2.18 bits per heavy atom. The Labute approximate surface area is 70.6 Å². The van der Waals surface area contributed by atoms with E-state index in [9.17, 15) is 0 Å². The van der Waals surface area contributed by atoms with E-state index in [0.717, 1.165) is 5.92 Å². The fraction of sp³-hybridized carbons (Fsp3) is 1.00. The fourth-order valence-electron chi connectivity index (χ4n) is 2.62. The van der Waals surface area contributed by atoms with Crippen LogP contribution in [-0.2, 0) is 0 Å². The van der Waals surface area contributed by atoms with Gasteiger partial charge in [-0.25, -0.2) is 0 Å². The highest BCUT2D eigenvalue weighted by Crippen LogP contribution is 2.41. The summed E-state index contributed by atoms with van der Waals surface area (Å²) in [7, 11) is 0. The second-order valence-electron chi connectivity index (χ2n) is 4.17. The molecule has 1 aliphatic rings. The maximum absolute atomic E-state index is 3.54. The lowest BCUT2D eigenvalue weighted by atomic mass is 9.70. The molecule has 0 aromatic rings. The third-order valence-electron chi connectivity index (χ3n) is 3.71. The highest BCUT2D eigenvalue weighted by Gasteiger charge is 2.40. The molecule has 0 saturated carbocycles. The van der Waals surface area contributed by atoms with Crippen LogP contribution in [0.3, 0.4) is 0 Å². The van der Waals surface area contributed by atoms with E-state index in [1.165, 1.54) is 19.4 Å². The third-order valence-corrected chi connectivity index (χ3v) is 3.71. The summed E-state index contributed by atoms with van der Waals surface area (Å²) in [6, 6.07) is 0.715. The Bertz CT molecular complexity index is 131. The summed E-state index contributed by atoms with van der Waals surface area (Å²) in [4.78, 5) is 0. The van der Waals surface area contributed by atoms with Gasteiger partial charge < -0.3 is 5.32 Å². The van der Waals surface area contributed by atoms with Gasteiger partial charge in [0.25, 0.3) is 0 Å². The van der Waals surface area contributed by atoms with Crippen molar-refractivity contribution in [3.05, 3.63) is 0 Å². The quantitative estimate of drug-likeness (QED) is 0.645. The third kappa shape index (κ3) is 1.31. The van der Waals surface area contributed by atoms with E-state index >= 15 is 0 Å². The molecule has 0 aliphatic carbocycles. The van der Waals surface area contributed by atoms with Gasteiger partial charge in [-0.15, -0.1) is 0 Å². The molecular weight excluding hydrogens is 134 g/mol. The Balaban J connectivity index is 2.73. The first-order chi connectivity index (χ1) is 5.13. The molecule has 1 fully saturated rings. The number of hydrogen-bond donors (Lipinski definition) is 1. The Morgan fingerprint density at radius 1 is 1.55 bits per heavy atom. The Kier molecular flexibility index (Phi) is 2.58. The zero-order valence-electron chi connectivity index (χ0n) is 8.28. The Morgan fingerprint density at radius 3 is 2.36 bits per heavy atom. The van der Waals surface area contributed by atoms with E-state index in [4.69, 9.17) is 0 Å². The van der Waals surface area contributed by atoms with Crippen molar-refractivity contribution >= 4 is 0 Å². The van der Waals surface area contributed by atoms with Gasteiger partial charge in [0, 0.05) is 6.04 Å².